The molecule has 0 radical (unpaired) electrons. The molecule has 1 amide bonds. The zero-order chi connectivity index (χ0) is 22.5. The Morgan fingerprint density at radius 1 is 1.13 bits per heavy atom. The van der Waals surface area contributed by atoms with Gasteiger partial charge in [0.25, 0.3) is 0 Å². The van der Waals surface area contributed by atoms with Crippen LogP contribution in [0.25, 0.3) is 0 Å². The molecule has 0 saturated heterocycles. The van der Waals surface area contributed by atoms with Crippen LogP contribution in [0.2, 0.25) is 0 Å². The van der Waals surface area contributed by atoms with Crippen LogP contribution in [-0.4, -0.2) is 36.4 Å². The van der Waals surface area contributed by atoms with E-state index in [1.807, 2.05) is 6.08 Å². The van der Waals surface area contributed by atoms with E-state index in [2.05, 4.69) is 9.17 Å². The summed E-state index contributed by atoms with van der Waals surface area (Å²) < 4.78 is 70.2. The predicted molar refractivity (Wildman–Crippen MR) is 105 cm³/mol. The lowest BCUT2D eigenvalue weighted by molar-refractivity contribution is -0.0500. The highest BCUT2D eigenvalue weighted by Gasteiger charge is 2.48. The maximum atomic E-state index is 12.6. The van der Waals surface area contributed by atoms with E-state index >= 15 is 0 Å². The quantitative estimate of drug-likeness (QED) is 0.473. The van der Waals surface area contributed by atoms with Crippen molar-refractivity contribution < 1.29 is 35.3 Å². The lowest BCUT2D eigenvalue weighted by atomic mass is 10.0. The number of hydrogen-bond acceptors (Lipinski definition) is 6. The van der Waals surface area contributed by atoms with Gasteiger partial charge in [-0.15, -0.1) is 0 Å². The highest BCUT2D eigenvalue weighted by Crippen LogP contribution is 2.30. The summed E-state index contributed by atoms with van der Waals surface area (Å²) >= 11 is 0. The van der Waals surface area contributed by atoms with Crippen LogP contribution >= 0.6 is 0 Å². The normalized spacial score (nSPS) is 14.7. The lowest BCUT2D eigenvalue weighted by Crippen LogP contribution is -2.35. The van der Waals surface area contributed by atoms with E-state index in [-0.39, 0.29) is 18.4 Å². The van der Waals surface area contributed by atoms with Crippen LogP contribution in [0.5, 0.6) is 11.5 Å². The molecule has 1 aromatic heterocycles. The van der Waals surface area contributed by atoms with Gasteiger partial charge in [-0.1, -0.05) is 24.3 Å². The number of halogens is 3. The second kappa shape index (κ2) is 9.38. The zero-order valence-corrected chi connectivity index (χ0v) is 17.0. The van der Waals surface area contributed by atoms with Crippen LogP contribution in [0.3, 0.4) is 0 Å². The van der Waals surface area contributed by atoms with E-state index < -0.39 is 27.5 Å². The van der Waals surface area contributed by atoms with E-state index in [9.17, 15) is 26.4 Å². The molecule has 1 aliphatic heterocycles. The van der Waals surface area contributed by atoms with Crippen LogP contribution in [0.1, 0.15) is 24.8 Å². The van der Waals surface area contributed by atoms with E-state index in [1.165, 1.54) is 17.2 Å². The first-order valence-electron chi connectivity index (χ1n) is 9.34. The number of allylic oxidation sites excluding steroid dienone is 2. The minimum absolute atomic E-state index is 0.131. The molecule has 2 heterocycles. The van der Waals surface area contributed by atoms with Crippen molar-refractivity contribution in [3.8, 4) is 11.5 Å². The molecule has 0 fully saturated rings. The molecule has 0 bridgehead atoms. The summed E-state index contributed by atoms with van der Waals surface area (Å²) in [5.41, 5.74) is -4.71. The van der Waals surface area contributed by atoms with Crippen molar-refractivity contribution in [2.75, 3.05) is 6.54 Å². The Morgan fingerprint density at radius 2 is 1.87 bits per heavy atom. The van der Waals surface area contributed by atoms with Gasteiger partial charge in [0.2, 0.25) is 0 Å². The van der Waals surface area contributed by atoms with E-state index in [1.54, 1.807) is 30.3 Å². The number of alkyl halides is 3. The first-order chi connectivity index (χ1) is 14.7. The minimum atomic E-state index is -5.81. The van der Waals surface area contributed by atoms with Crippen LogP contribution in [0.15, 0.2) is 60.6 Å². The molecule has 0 saturated carbocycles. The molecule has 11 heteroatoms. The van der Waals surface area contributed by atoms with Crippen molar-refractivity contribution in [1.29, 1.82) is 0 Å². The monoisotopic (exact) mass is 456 g/mol. The Hall–Kier alpha value is -3.08. The second-order valence-corrected chi connectivity index (χ2v) is 8.17. The maximum absolute atomic E-state index is 12.6. The Balaban J connectivity index is 1.71. The van der Waals surface area contributed by atoms with E-state index in [0.29, 0.717) is 18.0 Å². The fraction of sp³-hybridized carbons (Fsp3) is 0.300. The van der Waals surface area contributed by atoms with Crippen molar-refractivity contribution >= 4 is 16.2 Å². The number of nitrogens with zero attached hydrogens (tertiary/aromatic N) is 2. The molecular weight excluding hydrogens is 437 g/mol. The predicted octanol–water partition coefficient (Wildman–Crippen LogP) is 4.42. The summed E-state index contributed by atoms with van der Waals surface area (Å²) in [6, 6.07) is 9.92. The van der Waals surface area contributed by atoms with Crippen molar-refractivity contribution in [3.05, 3.63) is 66.1 Å². The molecule has 0 N–H and O–H groups in total. The van der Waals surface area contributed by atoms with Crippen molar-refractivity contribution in [2.24, 2.45) is 0 Å². The van der Waals surface area contributed by atoms with Gasteiger partial charge >= 0.3 is 21.7 Å². The number of ether oxygens (including phenoxy) is 1. The largest absolute Gasteiger partial charge is 0.534 e. The summed E-state index contributed by atoms with van der Waals surface area (Å²) in [5.74, 6) is -0.116. The molecule has 3 rings (SSSR count). The van der Waals surface area contributed by atoms with Crippen molar-refractivity contribution in [1.82, 2.24) is 9.88 Å². The summed E-state index contributed by atoms with van der Waals surface area (Å²) in [5, 5.41) is 0. The van der Waals surface area contributed by atoms with Gasteiger partial charge in [-0.25, -0.2) is 4.79 Å². The fourth-order valence-electron chi connectivity index (χ4n) is 2.98. The third-order valence-electron chi connectivity index (χ3n) is 4.48. The Kier molecular flexibility index (Phi) is 6.84. The van der Waals surface area contributed by atoms with Gasteiger partial charge in [-0.05, 0) is 49.4 Å². The number of amides is 1. The first-order valence-corrected chi connectivity index (χ1v) is 10.8. The zero-order valence-electron chi connectivity index (χ0n) is 16.2. The number of benzene rings is 1. The first kappa shape index (κ1) is 22.6. The third kappa shape index (κ3) is 5.75. The number of aromatic nitrogens is 1. The SMILES string of the molecule is O=C(Oc1ccccc1)N1CCCC=C1CCc1ccncc1OS(=O)(=O)C(F)(F)F. The molecule has 1 aromatic carbocycles. The fourth-order valence-corrected chi connectivity index (χ4v) is 3.46. The number of para-hydroxylation sites is 1. The third-order valence-corrected chi connectivity index (χ3v) is 5.45. The Morgan fingerprint density at radius 3 is 2.58 bits per heavy atom. The lowest BCUT2D eigenvalue weighted by Gasteiger charge is -2.28. The van der Waals surface area contributed by atoms with Gasteiger partial charge in [0.15, 0.2) is 5.75 Å². The molecule has 166 valence electrons. The average molecular weight is 456 g/mol. The van der Waals surface area contributed by atoms with Crippen LogP contribution in [0, 0.1) is 0 Å². The number of pyridine rings is 1. The second-order valence-electron chi connectivity index (χ2n) is 6.64. The van der Waals surface area contributed by atoms with Gasteiger partial charge in [-0.3, -0.25) is 9.88 Å². The smallest absolute Gasteiger partial charge is 0.410 e. The summed E-state index contributed by atoms with van der Waals surface area (Å²) in [7, 11) is -5.81. The summed E-state index contributed by atoms with van der Waals surface area (Å²) in [6.07, 6.45) is 5.37. The van der Waals surface area contributed by atoms with Gasteiger partial charge < -0.3 is 8.92 Å². The van der Waals surface area contributed by atoms with Crippen molar-refractivity contribution in [3.63, 3.8) is 0 Å². The topological polar surface area (TPSA) is 85.8 Å². The van der Waals surface area contributed by atoms with Crippen LogP contribution in [-0.2, 0) is 16.5 Å². The number of aryl methyl sites for hydroxylation is 1. The minimum Gasteiger partial charge on any atom is -0.410 e. The van der Waals surface area contributed by atoms with Crippen molar-refractivity contribution in [2.45, 2.75) is 31.2 Å². The average Bonchev–Trinajstić information content (AvgIpc) is 2.73. The van der Waals surface area contributed by atoms with Crippen LogP contribution < -0.4 is 8.92 Å². The molecule has 0 atom stereocenters. The van der Waals surface area contributed by atoms with Gasteiger partial charge in [0, 0.05) is 18.4 Å². The maximum Gasteiger partial charge on any atom is 0.534 e. The van der Waals surface area contributed by atoms with E-state index in [4.69, 9.17) is 4.74 Å². The van der Waals surface area contributed by atoms with Gasteiger partial charge in [-0.2, -0.15) is 21.6 Å². The standard InChI is InChI=1S/C20H19F3N2O5S/c21-20(22,23)31(27,28)30-18-14-24-12-11-15(18)9-10-16-6-4-5-13-25(16)19(26)29-17-7-2-1-3-8-17/h1-3,6-8,11-12,14H,4-5,9-10,13H2. The Labute approximate surface area is 177 Å². The van der Waals surface area contributed by atoms with Gasteiger partial charge in [0.05, 0.1) is 6.20 Å². The van der Waals surface area contributed by atoms with Gasteiger partial charge in [0.1, 0.15) is 5.75 Å². The van der Waals surface area contributed by atoms with E-state index in [0.717, 1.165) is 19.0 Å². The highest BCUT2D eigenvalue weighted by molar-refractivity contribution is 7.88. The highest BCUT2D eigenvalue weighted by atomic mass is 32.2. The number of rotatable bonds is 6. The molecule has 1 aliphatic rings. The molecular formula is C20H19F3N2O5S. The summed E-state index contributed by atoms with van der Waals surface area (Å²) in [6.45, 7) is 0.430. The number of carbonyl (C=O) groups excluding carboxylic acids is 1. The summed E-state index contributed by atoms with van der Waals surface area (Å²) in [4.78, 5) is 17.7. The Bertz CT molecular complexity index is 1060. The van der Waals surface area contributed by atoms with Crippen LogP contribution in [0.4, 0.5) is 18.0 Å². The molecule has 2 aromatic rings. The molecule has 7 nitrogen and oxygen atoms in total. The molecule has 0 unspecified atom stereocenters. The molecule has 31 heavy (non-hydrogen) atoms. The number of hydrogen-bond donors (Lipinski definition) is 0. The number of carbonyl (C=O) groups is 1. The molecule has 0 aliphatic carbocycles. The molecule has 0 spiro atoms.